The van der Waals surface area contributed by atoms with Gasteiger partial charge >= 0.3 is 6.16 Å². The molecule has 82 valence electrons. The highest BCUT2D eigenvalue weighted by molar-refractivity contribution is 5.59. The molecule has 0 aromatic carbocycles. The molecule has 1 saturated carbocycles. The Kier molecular flexibility index (Phi) is 5.42. The maximum Gasteiger partial charge on any atom is 0.508 e. The van der Waals surface area contributed by atoms with Gasteiger partial charge in [-0.15, -0.1) is 0 Å². The summed E-state index contributed by atoms with van der Waals surface area (Å²) < 4.78 is 9.67. The van der Waals surface area contributed by atoms with Gasteiger partial charge in [-0.1, -0.05) is 25.7 Å². The molecule has 0 radical (unpaired) electrons. The lowest BCUT2D eigenvalue weighted by molar-refractivity contribution is 0.0294. The Morgan fingerprint density at radius 3 is 2.00 bits per heavy atom. The highest BCUT2D eigenvalue weighted by Crippen LogP contribution is 2.19. The second-order valence-electron chi connectivity index (χ2n) is 3.89. The van der Waals surface area contributed by atoms with Gasteiger partial charge in [0.1, 0.15) is 6.10 Å². The monoisotopic (exact) mass is 200 g/mol. The van der Waals surface area contributed by atoms with Crippen LogP contribution in [0.4, 0.5) is 4.79 Å². The summed E-state index contributed by atoms with van der Waals surface area (Å²) in [6.45, 7) is 0. The molecule has 14 heavy (non-hydrogen) atoms. The molecule has 0 aromatic rings. The summed E-state index contributed by atoms with van der Waals surface area (Å²) in [4.78, 5) is 10.9. The van der Waals surface area contributed by atoms with Crippen LogP contribution in [0.1, 0.15) is 51.4 Å². The van der Waals surface area contributed by atoms with E-state index in [0.717, 1.165) is 12.8 Å². The molecular weight excluding hydrogens is 180 g/mol. The first-order valence-electron chi connectivity index (χ1n) is 5.57. The van der Waals surface area contributed by atoms with Crippen molar-refractivity contribution < 1.29 is 14.3 Å². The summed E-state index contributed by atoms with van der Waals surface area (Å²) in [6, 6.07) is 0. The molecule has 0 unspecified atom stereocenters. The first kappa shape index (κ1) is 11.3. The standard InChI is InChI=1S/C11H20O3/c1-13-11(12)14-10-8-6-4-2-3-5-7-9-10/h10H,2-9H2,1H3. The van der Waals surface area contributed by atoms with Gasteiger partial charge in [0.05, 0.1) is 7.11 Å². The van der Waals surface area contributed by atoms with Crippen molar-refractivity contribution in [3.05, 3.63) is 0 Å². The van der Waals surface area contributed by atoms with Crippen molar-refractivity contribution in [2.75, 3.05) is 7.11 Å². The normalized spacial score (nSPS) is 20.4. The topological polar surface area (TPSA) is 35.5 Å². The summed E-state index contributed by atoms with van der Waals surface area (Å²) in [5, 5.41) is 0. The maximum absolute atomic E-state index is 10.9. The summed E-state index contributed by atoms with van der Waals surface area (Å²) in [7, 11) is 1.36. The molecule has 3 nitrogen and oxygen atoms in total. The van der Waals surface area contributed by atoms with Crippen molar-refractivity contribution >= 4 is 6.16 Å². The Morgan fingerprint density at radius 2 is 1.50 bits per heavy atom. The van der Waals surface area contributed by atoms with Crippen LogP contribution in [-0.2, 0) is 9.47 Å². The number of carbonyl (C=O) groups excluding carboxylic acids is 1. The second-order valence-corrected chi connectivity index (χ2v) is 3.89. The first-order chi connectivity index (χ1) is 6.83. The van der Waals surface area contributed by atoms with Gasteiger partial charge in [0, 0.05) is 0 Å². The van der Waals surface area contributed by atoms with Gasteiger partial charge in [-0.25, -0.2) is 4.79 Å². The van der Waals surface area contributed by atoms with Crippen molar-refractivity contribution in [2.24, 2.45) is 0 Å². The molecule has 0 amide bonds. The molecule has 0 atom stereocenters. The summed E-state index contributed by atoms with van der Waals surface area (Å²) in [5.41, 5.74) is 0. The minimum absolute atomic E-state index is 0.0838. The fraction of sp³-hybridized carbons (Fsp3) is 0.909. The summed E-state index contributed by atoms with van der Waals surface area (Å²) >= 11 is 0. The van der Waals surface area contributed by atoms with E-state index in [9.17, 15) is 4.79 Å². The van der Waals surface area contributed by atoms with Crippen LogP contribution < -0.4 is 0 Å². The lowest BCUT2D eigenvalue weighted by Crippen LogP contribution is -2.18. The molecule has 0 aliphatic heterocycles. The zero-order chi connectivity index (χ0) is 10.2. The average Bonchev–Trinajstić information content (AvgIpc) is 2.31. The predicted octanol–water partition coefficient (Wildman–Crippen LogP) is 3.27. The highest BCUT2D eigenvalue weighted by Gasteiger charge is 2.15. The molecule has 0 bridgehead atoms. The molecule has 1 rings (SSSR count). The van der Waals surface area contributed by atoms with Crippen LogP contribution in [0, 0.1) is 0 Å². The number of hydrogen-bond acceptors (Lipinski definition) is 3. The van der Waals surface area contributed by atoms with E-state index >= 15 is 0 Å². The largest absolute Gasteiger partial charge is 0.508 e. The van der Waals surface area contributed by atoms with Crippen LogP contribution in [-0.4, -0.2) is 19.4 Å². The van der Waals surface area contributed by atoms with E-state index in [0.29, 0.717) is 0 Å². The number of carbonyl (C=O) groups is 1. The fourth-order valence-corrected chi connectivity index (χ4v) is 1.90. The summed E-state index contributed by atoms with van der Waals surface area (Å²) in [6.07, 6.45) is 9.06. The van der Waals surface area contributed by atoms with Crippen LogP contribution in [0.5, 0.6) is 0 Å². The van der Waals surface area contributed by atoms with E-state index in [1.165, 1.54) is 45.6 Å². The molecule has 0 aromatic heterocycles. The van der Waals surface area contributed by atoms with Gasteiger partial charge in [0.2, 0.25) is 0 Å². The quantitative estimate of drug-likeness (QED) is 0.609. The predicted molar refractivity (Wildman–Crippen MR) is 54.2 cm³/mol. The van der Waals surface area contributed by atoms with Crippen molar-refractivity contribution in [1.29, 1.82) is 0 Å². The van der Waals surface area contributed by atoms with E-state index in [1.807, 2.05) is 0 Å². The van der Waals surface area contributed by atoms with E-state index in [1.54, 1.807) is 0 Å². The van der Waals surface area contributed by atoms with Crippen LogP contribution in [0.2, 0.25) is 0 Å². The number of rotatable bonds is 1. The van der Waals surface area contributed by atoms with Crippen molar-refractivity contribution in [1.82, 2.24) is 0 Å². The van der Waals surface area contributed by atoms with E-state index < -0.39 is 6.16 Å². The van der Waals surface area contributed by atoms with Crippen molar-refractivity contribution in [3.63, 3.8) is 0 Å². The summed E-state index contributed by atoms with van der Waals surface area (Å²) in [5.74, 6) is 0. The minimum atomic E-state index is -0.533. The van der Waals surface area contributed by atoms with E-state index in [4.69, 9.17) is 4.74 Å². The Morgan fingerprint density at radius 1 is 1.00 bits per heavy atom. The second kappa shape index (κ2) is 6.68. The molecule has 3 heteroatoms. The zero-order valence-corrected chi connectivity index (χ0v) is 8.96. The smallest absolute Gasteiger partial charge is 0.438 e. The third-order valence-electron chi connectivity index (χ3n) is 2.73. The van der Waals surface area contributed by atoms with E-state index in [2.05, 4.69) is 4.74 Å². The molecule has 0 saturated heterocycles. The molecule has 1 aliphatic carbocycles. The van der Waals surface area contributed by atoms with E-state index in [-0.39, 0.29) is 6.10 Å². The average molecular weight is 200 g/mol. The third-order valence-corrected chi connectivity index (χ3v) is 2.73. The Hall–Kier alpha value is -0.730. The lowest BCUT2D eigenvalue weighted by Gasteiger charge is -2.15. The Bertz CT molecular complexity index is 158. The molecule has 1 aliphatic rings. The van der Waals surface area contributed by atoms with Gasteiger partial charge in [0.25, 0.3) is 0 Å². The number of ether oxygens (including phenoxy) is 2. The van der Waals surface area contributed by atoms with Crippen LogP contribution >= 0.6 is 0 Å². The Labute approximate surface area is 85.8 Å². The van der Waals surface area contributed by atoms with Crippen LogP contribution in [0.15, 0.2) is 0 Å². The molecular formula is C11H20O3. The van der Waals surface area contributed by atoms with Crippen molar-refractivity contribution in [3.8, 4) is 0 Å². The number of methoxy groups -OCH3 is 1. The highest BCUT2D eigenvalue weighted by atomic mass is 16.7. The third kappa shape index (κ3) is 4.49. The minimum Gasteiger partial charge on any atom is -0.438 e. The fourth-order valence-electron chi connectivity index (χ4n) is 1.90. The van der Waals surface area contributed by atoms with Crippen LogP contribution in [0.3, 0.4) is 0 Å². The molecule has 0 spiro atoms. The van der Waals surface area contributed by atoms with Gasteiger partial charge in [-0.3, -0.25) is 0 Å². The van der Waals surface area contributed by atoms with Crippen molar-refractivity contribution in [2.45, 2.75) is 57.5 Å². The molecule has 1 fully saturated rings. The molecule has 0 heterocycles. The maximum atomic E-state index is 10.9. The SMILES string of the molecule is COC(=O)OC1CCCCCCCC1. The zero-order valence-electron chi connectivity index (χ0n) is 8.96. The van der Waals surface area contributed by atoms with Gasteiger partial charge in [0.15, 0.2) is 0 Å². The molecule has 0 N–H and O–H groups in total. The van der Waals surface area contributed by atoms with Gasteiger partial charge in [-0.2, -0.15) is 0 Å². The Balaban J connectivity index is 2.28. The van der Waals surface area contributed by atoms with Gasteiger partial charge in [-0.05, 0) is 25.7 Å². The first-order valence-corrected chi connectivity index (χ1v) is 5.57. The lowest BCUT2D eigenvalue weighted by atomic mass is 10.1. The van der Waals surface area contributed by atoms with Crippen LogP contribution in [0.25, 0.3) is 0 Å². The number of hydrogen-bond donors (Lipinski definition) is 0. The van der Waals surface area contributed by atoms with Gasteiger partial charge < -0.3 is 9.47 Å².